The number of carbonyl (C=O) groups excluding carboxylic acids is 6. The topological polar surface area (TPSA) is 159 Å². The van der Waals surface area contributed by atoms with Gasteiger partial charge in [-0.3, -0.25) is 19.2 Å². The van der Waals surface area contributed by atoms with Crippen LogP contribution in [0.3, 0.4) is 0 Å². The van der Waals surface area contributed by atoms with Crippen LogP contribution in [-0.4, -0.2) is 54.1 Å². The number of ketones is 1. The van der Waals surface area contributed by atoms with Crippen molar-refractivity contribution in [2.24, 2.45) is 17.6 Å². The predicted molar refractivity (Wildman–Crippen MR) is 232 cm³/mol. The third kappa shape index (κ3) is 23.7. The zero-order valence-electron chi connectivity index (χ0n) is 37.1. The number of ether oxygens (including phenoxy) is 2. The standard InChI is InChI=1S/C18H24O5.C16H17NO2.C9H19NO.2C2H6/c1-12-7-6-8-13(2)16(12)17(21)22-11-14(19)9-10-15(20)23-18(3,4)5;1-2-5-15(11-18)17-16(19)14-9-8-12-6-3-4-7-13(12)10-14;1-4-7(2)5-6-8(3)9(10)11;2*1-2/h6-8H,9-11H2,1-5H3;3-4,6-11,15H,2,5H2,1H3,(H,17,19);7-8H,4-6H2,1-3H3,(H2,10,11);2*1-2H3. The summed E-state index contributed by atoms with van der Waals surface area (Å²) in [6.45, 7) is 24.8. The summed E-state index contributed by atoms with van der Waals surface area (Å²) < 4.78 is 10.2. The monoisotopic (exact) mass is 793 g/mol. The largest absolute Gasteiger partial charge is 0.460 e. The number of fused-ring (bicyclic) bond motifs is 1. The first-order valence-corrected chi connectivity index (χ1v) is 20.4. The van der Waals surface area contributed by atoms with Crippen molar-refractivity contribution in [2.45, 2.75) is 147 Å². The lowest BCUT2D eigenvalue weighted by Gasteiger charge is -2.19. The third-order valence-corrected chi connectivity index (χ3v) is 8.44. The fourth-order valence-electron chi connectivity index (χ4n) is 5.01. The van der Waals surface area contributed by atoms with E-state index in [0.29, 0.717) is 17.5 Å². The summed E-state index contributed by atoms with van der Waals surface area (Å²) in [4.78, 5) is 68.9. The van der Waals surface area contributed by atoms with Gasteiger partial charge in [0.2, 0.25) is 5.91 Å². The maximum atomic E-state index is 12.1. The lowest BCUT2D eigenvalue weighted by atomic mass is 9.96. The van der Waals surface area contributed by atoms with Crippen molar-refractivity contribution in [1.82, 2.24) is 5.32 Å². The number of aldehydes is 1. The van der Waals surface area contributed by atoms with E-state index < -0.39 is 23.6 Å². The number of nitrogens with two attached hydrogens (primary N) is 1. The Kier molecular flexibility index (Phi) is 28.8. The molecule has 0 bridgehead atoms. The van der Waals surface area contributed by atoms with Gasteiger partial charge in [-0.25, -0.2) is 4.79 Å². The molecule has 0 aliphatic heterocycles. The number of esters is 2. The van der Waals surface area contributed by atoms with E-state index in [0.717, 1.165) is 53.4 Å². The van der Waals surface area contributed by atoms with Crippen LogP contribution < -0.4 is 11.1 Å². The number of aryl methyl sites for hydroxylation is 2. The van der Waals surface area contributed by atoms with Gasteiger partial charge in [-0.05, 0) is 93.8 Å². The van der Waals surface area contributed by atoms with Crippen LogP contribution in [-0.2, 0) is 28.7 Å². The Bertz CT molecular complexity index is 1640. The fourth-order valence-corrected chi connectivity index (χ4v) is 5.01. The van der Waals surface area contributed by atoms with Gasteiger partial charge in [-0.15, -0.1) is 0 Å². The fraction of sp³-hybridized carbons (Fsp3) is 0.532. The molecular weight excluding hydrogens is 721 g/mol. The minimum absolute atomic E-state index is 0.00501. The summed E-state index contributed by atoms with van der Waals surface area (Å²) in [6.07, 6.45) is 5.54. The third-order valence-electron chi connectivity index (χ3n) is 8.44. The minimum Gasteiger partial charge on any atom is -0.460 e. The van der Waals surface area contributed by atoms with E-state index in [1.54, 1.807) is 26.8 Å². The molecule has 2 amide bonds. The molecule has 3 unspecified atom stereocenters. The molecule has 0 aliphatic carbocycles. The maximum absolute atomic E-state index is 12.1. The maximum Gasteiger partial charge on any atom is 0.339 e. The van der Waals surface area contributed by atoms with Gasteiger partial charge in [-0.1, -0.05) is 117 Å². The molecule has 3 atom stereocenters. The zero-order chi connectivity index (χ0) is 44.1. The first-order chi connectivity index (χ1) is 26.9. The second-order valence-corrected chi connectivity index (χ2v) is 14.4. The quantitative estimate of drug-likeness (QED) is 0.107. The average Bonchev–Trinajstić information content (AvgIpc) is 3.19. The Balaban J connectivity index is 0. The normalized spacial score (nSPS) is 11.7. The summed E-state index contributed by atoms with van der Waals surface area (Å²) >= 11 is 0. The summed E-state index contributed by atoms with van der Waals surface area (Å²) in [7, 11) is 0. The smallest absolute Gasteiger partial charge is 0.339 e. The first-order valence-electron chi connectivity index (χ1n) is 20.4. The van der Waals surface area contributed by atoms with E-state index in [-0.39, 0.29) is 43.0 Å². The second kappa shape index (κ2) is 30.3. The van der Waals surface area contributed by atoms with Crippen LogP contribution in [0.15, 0.2) is 60.7 Å². The van der Waals surface area contributed by atoms with Crippen molar-refractivity contribution in [3.63, 3.8) is 0 Å². The molecule has 10 heteroatoms. The molecule has 3 rings (SSSR count). The van der Waals surface area contributed by atoms with Gasteiger partial charge in [0.25, 0.3) is 5.91 Å². The first kappa shape index (κ1) is 54.2. The number of benzene rings is 3. The van der Waals surface area contributed by atoms with Gasteiger partial charge < -0.3 is 25.3 Å². The number of nitrogens with one attached hydrogen (secondary N) is 1. The summed E-state index contributed by atoms with van der Waals surface area (Å²) in [5.74, 6) is -0.876. The molecule has 318 valence electrons. The molecule has 0 aromatic heterocycles. The van der Waals surface area contributed by atoms with Crippen LogP contribution in [0.2, 0.25) is 0 Å². The molecule has 0 saturated heterocycles. The molecule has 0 aliphatic rings. The molecule has 0 heterocycles. The highest BCUT2D eigenvalue weighted by Crippen LogP contribution is 2.17. The molecular formula is C47H72N2O8. The van der Waals surface area contributed by atoms with E-state index in [4.69, 9.17) is 15.2 Å². The molecule has 0 fully saturated rings. The molecule has 3 N–H and O–H groups in total. The van der Waals surface area contributed by atoms with E-state index in [1.807, 2.05) is 110 Å². The van der Waals surface area contributed by atoms with E-state index in [2.05, 4.69) is 19.2 Å². The van der Waals surface area contributed by atoms with Crippen LogP contribution in [0.1, 0.15) is 153 Å². The van der Waals surface area contributed by atoms with E-state index in [1.165, 1.54) is 6.42 Å². The number of hydrogen-bond acceptors (Lipinski definition) is 8. The van der Waals surface area contributed by atoms with Crippen molar-refractivity contribution < 1.29 is 38.2 Å². The van der Waals surface area contributed by atoms with Crippen molar-refractivity contribution >= 4 is 46.6 Å². The minimum atomic E-state index is -0.574. The van der Waals surface area contributed by atoms with Crippen LogP contribution in [0.5, 0.6) is 0 Å². The number of Topliss-reactive ketones (excluding diaryl/α,β-unsaturated/α-hetero) is 1. The molecule has 3 aromatic carbocycles. The van der Waals surface area contributed by atoms with Gasteiger partial charge in [0.05, 0.1) is 18.0 Å². The zero-order valence-corrected chi connectivity index (χ0v) is 37.1. The highest BCUT2D eigenvalue weighted by Gasteiger charge is 2.19. The van der Waals surface area contributed by atoms with Crippen LogP contribution in [0.4, 0.5) is 0 Å². The number of amides is 2. The Labute approximate surface area is 343 Å². The molecule has 0 radical (unpaired) electrons. The second-order valence-electron chi connectivity index (χ2n) is 14.4. The Hall–Kier alpha value is -4.86. The molecule has 0 spiro atoms. The van der Waals surface area contributed by atoms with E-state index >= 15 is 0 Å². The molecule has 0 saturated carbocycles. The van der Waals surface area contributed by atoms with Gasteiger partial charge in [0, 0.05) is 17.9 Å². The average molecular weight is 793 g/mol. The lowest BCUT2D eigenvalue weighted by molar-refractivity contribution is -0.155. The molecule has 10 nitrogen and oxygen atoms in total. The van der Waals surface area contributed by atoms with Crippen LogP contribution >= 0.6 is 0 Å². The summed E-state index contributed by atoms with van der Waals surface area (Å²) in [5, 5.41) is 4.86. The van der Waals surface area contributed by atoms with Gasteiger partial charge in [0.15, 0.2) is 5.78 Å². The highest BCUT2D eigenvalue weighted by atomic mass is 16.6. The summed E-state index contributed by atoms with van der Waals surface area (Å²) in [6, 6.07) is 18.5. The Morgan fingerprint density at radius 1 is 0.789 bits per heavy atom. The summed E-state index contributed by atoms with van der Waals surface area (Å²) in [5.41, 5.74) is 7.22. The van der Waals surface area contributed by atoms with Crippen molar-refractivity contribution in [1.29, 1.82) is 0 Å². The van der Waals surface area contributed by atoms with Gasteiger partial charge >= 0.3 is 11.9 Å². The number of rotatable bonds is 16. The van der Waals surface area contributed by atoms with Gasteiger partial charge in [0.1, 0.15) is 18.5 Å². The lowest BCUT2D eigenvalue weighted by Crippen LogP contribution is -2.35. The van der Waals surface area contributed by atoms with Crippen molar-refractivity contribution in [2.75, 3.05) is 6.61 Å². The van der Waals surface area contributed by atoms with E-state index in [9.17, 15) is 28.8 Å². The number of hydrogen-bond donors (Lipinski definition) is 2. The Morgan fingerprint density at radius 3 is 1.88 bits per heavy atom. The number of carbonyl (C=O) groups is 6. The van der Waals surface area contributed by atoms with Gasteiger partial charge in [-0.2, -0.15) is 0 Å². The van der Waals surface area contributed by atoms with Crippen molar-refractivity contribution in [3.05, 3.63) is 82.9 Å². The SMILES string of the molecule is CC.CC.CCC(C)CCC(C)C(N)=O.CCCC(C=O)NC(=O)c1ccc2ccccc2c1.Cc1cccc(C)c1C(=O)OCC(=O)CCC(=O)OC(C)(C)C. The van der Waals surface area contributed by atoms with Crippen LogP contribution in [0, 0.1) is 25.7 Å². The predicted octanol–water partition coefficient (Wildman–Crippen LogP) is 10.1. The molecule has 57 heavy (non-hydrogen) atoms. The van der Waals surface area contributed by atoms with Crippen molar-refractivity contribution in [3.8, 4) is 0 Å². The van der Waals surface area contributed by atoms with Crippen LogP contribution in [0.25, 0.3) is 10.8 Å². The molecule has 3 aromatic rings. The Morgan fingerprint density at radius 2 is 1.37 bits per heavy atom. The number of primary amides is 1. The highest BCUT2D eigenvalue weighted by molar-refractivity contribution is 5.99.